The SMILES string of the molecule is CCCCCCCCC/C=C\CCCCCCCC(=O)OC(CO)COCCCCCCCCCC. The van der Waals surface area contributed by atoms with Crippen LogP contribution >= 0.6 is 0 Å². The molecule has 0 saturated heterocycles. The summed E-state index contributed by atoms with van der Waals surface area (Å²) in [6, 6.07) is 0. The second kappa shape index (κ2) is 30.4. The number of ether oxygens (including phenoxy) is 2. The molecule has 4 heteroatoms. The lowest BCUT2D eigenvalue weighted by molar-refractivity contribution is -0.154. The van der Waals surface area contributed by atoms with Gasteiger partial charge in [-0.15, -0.1) is 0 Å². The Morgan fingerprint density at radius 3 is 1.58 bits per heavy atom. The number of hydrogen-bond donors (Lipinski definition) is 1. The van der Waals surface area contributed by atoms with E-state index in [1.807, 2.05) is 0 Å². The maximum Gasteiger partial charge on any atom is 0.306 e. The molecule has 1 atom stereocenters. The van der Waals surface area contributed by atoms with Crippen LogP contribution in [0.15, 0.2) is 12.2 Å². The summed E-state index contributed by atoms with van der Waals surface area (Å²) < 4.78 is 11.0. The lowest BCUT2D eigenvalue weighted by Crippen LogP contribution is -2.27. The van der Waals surface area contributed by atoms with Crippen LogP contribution in [-0.2, 0) is 14.3 Å². The molecule has 0 rings (SSSR count). The number of aliphatic hydroxyl groups is 1. The van der Waals surface area contributed by atoms with Gasteiger partial charge in [0, 0.05) is 13.0 Å². The van der Waals surface area contributed by atoms with Gasteiger partial charge in [-0.05, 0) is 38.5 Å². The Bertz CT molecular complexity index is 463. The Kier molecular flexibility index (Phi) is 29.6. The fourth-order valence-corrected chi connectivity index (χ4v) is 4.44. The Morgan fingerprint density at radius 1 is 0.639 bits per heavy atom. The van der Waals surface area contributed by atoms with Gasteiger partial charge in [-0.3, -0.25) is 4.79 Å². The molecule has 0 radical (unpaired) electrons. The molecule has 0 aliphatic heterocycles. The van der Waals surface area contributed by atoms with E-state index >= 15 is 0 Å². The molecule has 0 aliphatic carbocycles. The highest BCUT2D eigenvalue weighted by Crippen LogP contribution is 2.12. The Labute approximate surface area is 225 Å². The average Bonchev–Trinajstić information content (AvgIpc) is 2.88. The predicted octanol–water partition coefficient (Wildman–Crippen LogP) is 9.48. The van der Waals surface area contributed by atoms with Crippen molar-refractivity contribution in [1.29, 1.82) is 0 Å². The van der Waals surface area contributed by atoms with E-state index in [4.69, 9.17) is 9.47 Å². The standard InChI is InChI=1S/C32H62O4/c1-3-5-7-9-11-13-14-15-16-17-18-19-20-21-23-25-27-32(34)36-31(29-33)30-35-28-26-24-22-12-10-8-6-4-2/h16-17,31,33H,3-15,18-30H2,1-2H3/b17-16-. The van der Waals surface area contributed by atoms with Crippen molar-refractivity contribution in [1.82, 2.24) is 0 Å². The van der Waals surface area contributed by atoms with E-state index in [2.05, 4.69) is 26.0 Å². The first-order valence-electron chi connectivity index (χ1n) is 15.8. The molecule has 0 heterocycles. The van der Waals surface area contributed by atoms with E-state index in [9.17, 15) is 9.90 Å². The molecule has 214 valence electrons. The lowest BCUT2D eigenvalue weighted by atomic mass is 10.1. The van der Waals surface area contributed by atoms with Crippen molar-refractivity contribution < 1.29 is 19.4 Å². The summed E-state index contributed by atoms with van der Waals surface area (Å²) >= 11 is 0. The molecule has 0 aromatic heterocycles. The summed E-state index contributed by atoms with van der Waals surface area (Å²) in [5, 5.41) is 9.47. The molecule has 4 nitrogen and oxygen atoms in total. The van der Waals surface area contributed by atoms with Crippen molar-refractivity contribution in [2.24, 2.45) is 0 Å². The number of carbonyl (C=O) groups excluding carboxylic acids is 1. The molecule has 0 aromatic rings. The second-order valence-corrected chi connectivity index (χ2v) is 10.5. The summed E-state index contributed by atoms with van der Waals surface area (Å²) in [4.78, 5) is 12.0. The van der Waals surface area contributed by atoms with Gasteiger partial charge in [0.15, 0.2) is 0 Å². The number of aliphatic hydroxyl groups excluding tert-OH is 1. The minimum atomic E-state index is -0.528. The van der Waals surface area contributed by atoms with Crippen molar-refractivity contribution in [2.75, 3.05) is 19.8 Å². The number of carbonyl (C=O) groups is 1. The minimum absolute atomic E-state index is 0.171. The first-order chi connectivity index (χ1) is 17.7. The molecule has 0 amide bonds. The van der Waals surface area contributed by atoms with Crippen molar-refractivity contribution in [2.45, 2.75) is 168 Å². The van der Waals surface area contributed by atoms with Crippen LogP contribution in [0.4, 0.5) is 0 Å². The van der Waals surface area contributed by atoms with E-state index in [0.717, 1.165) is 19.3 Å². The average molecular weight is 511 g/mol. The number of allylic oxidation sites excluding steroid dienone is 2. The van der Waals surface area contributed by atoms with Crippen LogP contribution in [0.3, 0.4) is 0 Å². The molecule has 0 aliphatic rings. The summed E-state index contributed by atoms with van der Waals surface area (Å²) in [6.07, 6.45) is 32.4. The summed E-state index contributed by atoms with van der Waals surface area (Å²) in [5.41, 5.74) is 0. The van der Waals surface area contributed by atoms with Gasteiger partial charge >= 0.3 is 5.97 Å². The molecular formula is C32H62O4. The molecule has 0 aromatic carbocycles. The molecule has 1 N–H and O–H groups in total. The van der Waals surface area contributed by atoms with Crippen LogP contribution in [-0.4, -0.2) is 37.0 Å². The van der Waals surface area contributed by atoms with Gasteiger partial charge in [0.25, 0.3) is 0 Å². The number of rotatable bonds is 29. The van der Waals surface area contributed by atoms with Gasteiger partial charge < -0.3 is 14.6 Å². The minimum Gasteiger partial charge on any atom is -0.457 e. The number of unbranched alkanes of at least 4 members (excludes halogenated alkanes) is 19. The molecule has 0 spiro atoms. The number of esters is 1. The third kappa shape index (κ3) is 27.7. The van der Waals surface area contributed by atoms with E-state index in [0.29, 0.717) is 19.6 Å². The second-order valence-electron chi connectivity index (χ2n) is 10.5. The zero-order valence-corrected chi connectivity index (χ0v) is 24.3. The van der Waals surface area contributed by atoms with Crippen LogP contribution in [0.2, 0.25) is 0 Å². The van der Waals surface area contributed by atoms with Crippen molar-refractivity contribution in [3.63, 3.8) is 0 Å². The number of hydrogen-bond acceptors (Lipinski definition) is 4. The van der Waals surface area contributed by atoms with Gasteiger partial charge in [0.2, 0.25) is 0 Å². The highest BCUT2D eigenvalue weighted by Gasteiger charge is 2.13. The first-order valence-corrected chi connectivity index (χ1v) is 15.8. The van der Waals surface area contributed by atoms with E-state index < -0.39 is 6.10 Å². The zero-order valence-electron chi connectivity index (χ0n) is 24.3. The molecule has 1 unspecified atom stereocenters. The molecular weight excluding hydrogens is 448 g/mol. The molecule has 0 saturated carbocycles. The Morgan fingerprint density at radius 2 is 1.08 bits per heavy atom. The molecule has 36 heavy (non-hydrogen) atoms. The third-order valence-electron chi connectivity index (χ3n) is 6.84. The maximum atomic E-state index is 12.0. The summed E-state index contributed by atoms with van der Waals surface area (Å²) in [6.45, 7) is 5.32. The van der Waals surface area contributed by atoms with Gasteiger partial charge in [-0.2, -0.15) is 0 Å². The summed E-state index contributed by atoms with van der Waals surface area (Å²) in [7, 11) is 0. The van der Waals surface area contributed by atoms with Crippen LogP contribution < -0.4 is 0 Å². The Hall–Kier alpha value is -0.870. The molecule has 0 bridgehead atoms. The van der Waals surface area contributed by atoms with Crippen LogP contribution in [0, 0.1) is 0 Å². The first kappa shape index (κ1) is 35.1. The monoisotopic (exact) mass is 510 g/mol. The van der Waals surface area contributed by atoms with Crippen molar-refractivity contribution in [3.8, 4) is 0 Å². The van der Waals surface area contributed by atoms with E-state index in [1.54, 1.807) is 0 Å². The normalized spacial score (nSPS) is 12.4. The predicted molar refractivity (Wildman–Crippen MR) is 154 cm³/mol. The van der Waals surface area contributed by atoms with E-state index in [1.165, 1.54) is 122 Å². The van der Waals surface area contributed by atoms with E-state index in [-0.39, 0.29) is 12.6 Å². The highest BCUT2D eigenvalue weighted by atomic mass is 16.6. The molecule has 0 fully saturated rings. The summed E-state index contributed by atoms with van der Waals surface area (Å²) in [5.74, 6) is -0.210. The van der Waals surface area contributed by atoms with Crippen molar-refractivity contribution >= 4 is 5.97 Å². The maximum absolute atomic E-state index is 12.0. The van der Waals surface area contributed by atoms with Gasteiger partial charge in [0.05, 0.1) is 13.2 Å². The van der Waals surface area contributed by atoms with Crippen LogP contribution in [0.5, 0.6) is 0 Å². The lowest BCUT2D eigenvalue weighted by Gasteiger charge is -2.15. The van der Waals surface area contributed by atoms with Crippen LogP contribution in [0.25, 0.3) is 0 Å². The quantitative estimate of drug-likeness (QED) is 0.0618. The van der Waals surface area contributed by atoms with Gasteiger partial charge in [0.1, 0.15) is 6.10 Å². The third-order valence-corrected chi connectivity index (χ3v) is 6.84. The van der Waals surface area contributed by atoms with Crippen molar-refractivity contribution in [3.05, 3.63) is 12.2 Å². The fraction of sp³-hybridized carbons (Fsp3) is 0.906. The highest BCUT2D eigenvalue weighted by molar-refractivity contribution is 5.69. The largest absolute Gasteiger partial charge is 0.457 e. The van der Waals surface area contributed by atoms with Gasteiger partial charge in [-0.25, -0.2) is 0 Å². The fourth-order valence-electron chi connectivity index (χ4n) is 4.44. The van der Waals surface area contributed by atoms with Crippen LogP contribution in [0.1, 0.15) is 162 Å². The topological polar surface area (TPSA) is 55.8 Å². The zero-order chi connectivity index (χ0) is 26.4. The Balaban J connectivity index is 3.45. The smallest absolute Gasteiger partial charge is 0.306 e. The van der Waals surface area contributed by atoms with Gasteiger partial charge in [-0.1, -0.05) is 129 Å².